The van der Waals surface area contributed by atoms with Gasteiger partial charge >= 0.3 is 11.9 Å². The fourth-order valence-corrected chi connectivity index (χ4v) is 2.37. The Labute approximate surface area is 134 Å². The van der Waals surface area contributed by atoms with Gasteiger partial charge in [0.1, 0.15) is 0 Å². The second-order valence-corrected chi connectivity index (χ2v) is 5.55. The quantitative estimate of drug-likeness (QED) is 0.267. The van der Waals surface area contributed by atoms with Crippen LogP contribution in [0.3, 0.4) is 0 Å². The number of rotatable bonds is 14. The van der Waals surface area contributed by atoms with Gasteiger partial charge in [0.05, 0.1) is 0 Å². The highest BCUT2D eigenvalue weighted by molar-refractivity contribution is 5.92. The van der Waals surface area contributed by atoms with Crippen molar-refractivity contribution < 1.29 is 19.8 Å². The maximum absolute atomic E-state index is 10.7. The molecule has 0 bridgehead atoms. The zero-order valence-electron chi connectivity index (χ0n) is 14.2. The summed E-state index contributed by atoms with van der Waals surface area (Å²) in [6.07, 6.45) is 13.3. The number of unbranched alkanes of at least 4 members (excludes halogenated alkanes) is 10. The van der Waals surface area contributed by atoms with E-state index in [1.807, 2.05) is 0 Å². The molecule has 0 heterocycles. The molecule has 0 fully saturated rings. The van der Waals surface area contributed by atoms with Gasteiger partial charge in [-0.1, -0.05) is 77.6 Å². The minimum absolute atomic E-state index is 0. The van der Waals surface area contributed by atoms with Gasteiger partial charge in [-0.15, -0.1) is 0 Å². The van der Waals surface area contributed by atoms with E-state index in [-0.39, 0.29) is 18.7 Å². The Bertz CT molecular complexity index is 259. The number of carboxylic acids is 2. The molecule has 0 aromatic heterocycles. The van der Waals surface area contributed by atoms with E-state index >= 15 is 0 Å². The summed E-state index contributed by atoms with van der Waals surface area (Å²) < 4.78 is 0. The van der Waals surface area contributed by atoms with Gasteiger partial charge in [0.25, 0.3) is 0 Å². The molecule has 0 radical (unpaired) electrons. The Morgan fingerprint density at radius 3 is 1.32 bits per heavy atom. The molecular weight excluding hydrogens is 284 g/mol. The van der Waals surface area contributed by atoms with Crippen molar-refractivity contribution in [2.75, 3.05) is 0 Å². The van der Waals surface area contributed by atoms with Crippen LogP contribution in [-0.4, -0.2) is 22.2 Å². The van der Waals surface area contributed by atoms with Gasteiger partial charge in [0, 0.05) is 0 Å². The SMILES string of the molecule is CCCCCCCCCCCCCC(C(=O)O)C(=O)O.N.N. The van der Waals surface area contributed by atoms with Crippen LogP contribution in [0.5, 0.6) is 0 Å². The summed E-state index contributed by atoms with van der Waals surface area (Å²) in [5.74, 6) is -3.66. The van der Waals surface area contributed by atoms with E-state index in [1.54, 1.807) is 0 Å². The summed E-state index contributed by atoms with van der Waals surface area (Å²) in [5, 5.41) is 17.4. The molecule has 0 spiro atoms. The number of aliphatic carboxylic acids is 2. The average molecular weight is 320 g/mol. The topological polar surface area (TPSA) is 145 Å². The van der Waals surface area contributed by atoms with Crippen molar-refractivity contribution >= 4 is 11.9 Å². The molecule has 8 N–H and O–H groups in total. The van der Waals surface area contributed by atoms with Gasteiger partial charge in [0.15, 0.2) is 5.92 Å². The van der Waals surface area contributed by atoms with E-state index in [0.717, 1.165) is 12.8 Å². The lowest BCUT2D eigenvalue weighted by Gasteiger charge is -2.06. The molecule has 0 aliphatic carbocycles. The van der Waals surface area contributed by atoms with Crippen molar-refractivity contribution in [2.24, 2.45) is 5.92 Å². The molecule has 0 aromatic rings. The summed E-state index contributed by atoms with van der Waals surface area (Å²) in [4.78, 5) is 21.3. The number of hydrogen-bond acceptors (Lipinski definition) is 4. The normalized spacial score (nSPS) is 9.91. The number of hydrogen-bond donors (Lipinski definition) is 4. The van der Waals surface area contributed by atoms with Crippen molar-refractivity contribution in [3.8, 4) is 0 Å². The Morgan fingerprint density at radius 2 is 1.00 bits per heavy atom. The summed E-state index contributed by atoms with van der Waals surface area (Å²) in [5.41, 5.74) is 0. The highest BCUT2D eigenvalue weighted by atomic mass is 16.4. The molecule has 0 unspecified atom stereocenters. The first kappa shape index (κ1) is 25.8. The van der Waals surface area contributed by atoms with E-state index < -0.39 is 17.9 Å². The highest BCUT2D eigenvalue weighted by Crippen LogP contribution is 2.14. The van der Waals surface area contributed by atoms with Gasteiger partial charge < -0.3 is 22.5 Å². The third kappa shape index (κ3) is 15.3. The molecule has 134 valence electrons. The molecular formula is C16H36N2O4. The Kier molecular flexibility index (Phi) is 21.0. The number of carboxylic acid groups (broad SMARTS) is 2. The molecule has 0 saturated heterocycles. The molecule has 0 amide bonds. The minimum Gasteiger partial charge on any atom is -0.481 e. The molecule has 6 nitrogen and oxygen atoms in total. The first-order valence-electron chi connectivity index (χ1n) is 8.05. The molecule has 6 heteroatoms. The summed E-state index contributed by atoms with van der Waals surface area (Å²) in [6.45, 7) is 2.22. The zero-order chi connectivity index (χ0) is 15.2. The van der Waals surface area contributed by atoms with Crippen LogP contribution in [-0.2, 0) is 9.59 Å². The van der Waals surface area contributed by atoms with E-state index in [9.17, 15) is 9.59 Å². The first-order chi connectivity index (χ1) is 9.59. The van der Waals surface area contributed by atoms with E-state index in [2.05, 4.69) is 6.92 Å². The Balaban J connectivity index is -0.00000180. The van der Waals surface area contributed by atoms with E-state index in [4.69, 9.17) is 10.2 Å². The zero-order valence-corrected chi connectivity index (χ0v) is 14.2. The molecule has 0 atom stereocenters. The fraction of sp³-hybridized carbons (Fsp3) is 0.875. The maximum atomic E-state index is 10.7. The Morgan fingerprint density at radius 1 is 0.682 bits per heavy atom. The molecule has 0 saturated carbocycles. The van der Waals surface area contributed by atoms with Crippen LogP contribution in [0.25, 0.3) is 0 Å². The summed E-state index contributed by atoms with van der Waals surface area (Å²) >= 11 is 0. The van der Waals surface area contributed by atoms with Crippen molar-refractivity contribution in [3.63, 3.8) is 0 Å². The van der Waals surface area contributed by atoms with Gasteiger partial charge in [-0.05, 0) is 6.42 Å². The lowest BCUT2D eigenvalue weighted by molar-refractivity contribution is -0.154. The molecule has 0 aromatic carbocycles. The monoisotopic (exact) mass is 320 g/mol. The standard InChI is InChI=1S/C16H30O4.2H3N/c1-2-3-4-5-6-7-8-9-10-11-12-13-14(15(17)18)16(19)20;;/h14H,2-13H2,1H3,(H,17,18)(H,19,20);2*1H3. The van der Waals surface area contributed by atoms with Crippen molar-refractivity contribution in [1.29, 1.82) is 0 Å². The summed E-state index contributed by atoms with van der Waals surface area (Å²) in [6, 6.07) is 0. The van der Waals surface area contributed by atoms with Crippen molar-refractivity contribution in [1.82, 2.24) is 12.3 Å². The molecule has 22 heavy (non-hydrogen) atoms. The molecule has 0 aliphatic rings. The van der Waals surface area contributed by atoms with Crippen LogP contribution in [0.2, 0.25) is 0 Å². The third-order valence-corrected chi connectivity index (χ3v) is 3.69. The van der Waals surface area contributed by atoms with Gasteiger partial charge in [-0.25, -0.2) is 0 Å². The van der Waals surface area contributed by atoms with Crippen LogP contribution in [0, 0.1) is 5.92 Å². The van der Waals surface area contributed by atoms with E-state index in [1.165, 1.54) is 51.4 Å². The van der Waals surface area contributed by atoms with Crippen molar-refractivity contribution in [3.05, 3.63) is 0 Å². The lowest BCUT2D eigenvalue weighted by atomic mass is 10.00. The predicted molar refractivity (Wildman–Crippen MR) is 89.9 cm³/mol. The first-order valence-corrected chi connectivity index (χ1v) is 8.05. The van der Waals surface area contributed by atoms with Gasteiger partial charge in [-0.2, -0.15) is 0 Å². The molecule has 0 rings (SSSR count). The van der Waals surface area contributed by atoms with Crippen molar-refractivity contribution in [2.45, 2.75) is 84.0 Å². The van der Waals surface area contributed by atoms with Crippen LogP contribution in [0.15, 0.2) is 0 Å². The fourth-order valence-electron chi connectivity index (χ4n) is 2.37. The maximum Gasteiger partial charge on any atom is 0.317 e. The lowest BCUT2D eigenvalue weighted by Crippen LogP contribution is -2.23. The largest absolute Gasteiger partial charge is 0.481 e. The van der Waals surface area contributed by atoms with Crippen LogP contribution in [0.4, 0.5) is 0 Å². The second kappa shape index (κ2) is 17.9. The number of carbonyl (C=O) groups is 2. The highest BCUT2D eigenvalue weighted by Gasteiger charge is 2.24. The van der Waals surface area contributed by atoms with Gasteiger partial charge in [-0.3, -0.25) is 9.59 Å². The van der Waals surface area contributed by atoms with Crippen LogP contribution in [0.1, 0.15) is 84.0 Å². The Hall–Kier alpha value is -1.14. The second-order valence-electron chi connectivity index (χ2n) is 5.55. The summed E-state index contributed by atoms with van der Waals surface area (Å²) in [7, 11) is 0. The minimum atomic E-state index is -1.23. The molecule has 0 aliphatic heterocycles. The van der Waals surface area contributed by atoms with E-state index in [0.29, 0.717) is 6.42 Å². The average Bonchev–Trinajstić information content (AvgIpc) is 2.39. The van der Waals surface area contributed by atoms with Crippen LogP contribution >= 0.6 is 0 Å². The van der Waals surface area contributed by atoms with Crippen LogP contribution < -0.4 is 12.3 Å². The predicted octanol–water partition coefficient (Wildman–Crippen LogP) is 4.80. The third-order valence-electron chi connectivity index (χ3n) is 3.69. The van der Waals surface area contributed by atoms with Gasteiger partial charge in [0.2, 0.25) is 0 Å². The smallest absolute Gasteiger partial charge is 0.317 e.